The van der Waals surface area contributed by atoms with Crippen molar-refractivity contribution in [3.63, 3.8) is 0 Å². The third-order valence-electron chi connectivity index (χ3n) is 3.52. The van der Waals surface area contributed by atoms with Crippen LogP contribution in [0.1, 0.15) is 24.0 Å². The van der Waals surface area contributed by atoms with E-state index in [1.54, 1.807) is 0 Å². The molecular weight excluding hydrogens is 246 g/mol. The van der Waals surface area contributed by atoms with E-state index in [2.05, 4.69) is 60.7 Å². The Morgan fingerprint density at radius 1 is 1.11 bits per heavy atom. The molecule has 1 nitrogen and oxygen atoms in total. The Labute approximate surface area is 118 Å². The average molecular weight is 271 g/mol. The zero-order chi connectivity index (χ0) is 13.7. The predicted molar refractivity (Wildman–Crippen MR) is 86.0 cm³/mol. The summed E-state index contributed by atoms with van der Waals surface area (Å²) < 4.78 is 0. The number of hydrogen-bond donors (Lipinski definition) is 1. The minimum atomic E-state index is -1.26. The molecule has 2 rings (SSSR count). The van der Waals surface area contributed by atoms with E-state index in [1.807, 2.05) is 0 Å². The summed E-state index contributed by atoms with van der Waals surface area (Å²) in [4.78, 5) is 0. The Bertz CT molecular complexity index is 453. The van der Waals surface area contributed by atoms with Gasteiger partial charge in [0.25, 0.3) is 0 Å². The smallest absolute Gasteiger partial charge is 0.129 e. The molecule has 1 saturated heterocycles. The van der Waals surface area contributed by atoms with E-state index in [1.165, 1.54) is 37.9 Å². The molecule has 0 bridgehead atoms. The summed E-state index contributed by atoms with van der Waals surface area (Å²) >= 11 is 0. The molecule has 1 N–H and O–H groups in total. The lowest BCUT2D eigenvalue weighted by Gasteiger charge is -2.22. The second kappa shape index (κ2) is 6.41. The molecule has 0 aromatic heterocycles. The van der Waals surface area contributed by atoms with Gasteiger partial charge < -0.3 is 5.32 Å². The van der Waals surface area contributed by atoms with Crippen molar-refractivity contribution < 1.29 is 0 Å². The highest BCUT2D eigenvalue weighted by Crippen LogP contribution is 2.18. The van der Waals surface area contributed by atoms with Crippen molar-refractivity contribution in [1.29, 1.82) is 0 Å². The third-order valence-corrected chi connectivity index (χ3v) is 4.39. The summed E-state index contributed by atoms with van der Waals surface area (Å²) in [5.74, 6) is 4.18. The molecule has 102 valence electrons. The molecule has 1 aliphatic heterocycles. The Hall–Kier alpha value is -1.04. The molecular formula is C17H25NSi. The average Bonchev–Trinajstić information content (AvgIpc) is 2.38. The quantitative estimate of drug-likeness (QED) is 0.641. The Kier molecular flexibility index (Phi) is 4.85. The van der Waals surface area contributed by atoms with Gasteiger partial charge in [-0.2, -0.15) is 0 Å². The first-order valence-electron chi connectivity index (χ1n) is 7.36. The summed E-state index contributed by atoms with van der Waals surface area (Å²) in [5.41, 5.74) is 6.05. The largest absolute Gasteiger partial charge is 0.317 e. The summed E-state index contributed by atoms with van der Waals surface area (Å²) in [6, 6.07) is 8.89. The van der Waals surface area contributed by atoms with Crippen molar-refractivity contribution in [1.82, 2.24) is 5.32 Å². The predicted octanol–water partition coefficient (Wildman–Crippen LogP) is 3.46. The summed E-state index contributed by atoms with van der Waals surface area (Å²) in [6.45, 7) is 9.22. The van der Waals surface area contributed by atoms with Gasteiger partial charge >= 0.3 is 0 Å². The summed E-state index contributed by atoms with van der Waals surface area (Å²) in [6.07, 6.45) is 3.86. The maximum absolute atomic E-state index is 3.43. The monoisotopic (exact) mass is 271 g/mol. The molecule has 1 aliphatic rings. The Balaban J connectivity index is 1.95. The zero-order valence-corrected chi connectivity index (χ0v) is 13.4. The maximum Gasteiger partial charge on any atom is 0.129 e. The molecule has 1 heterocycles. The van der Waals surface area contributed by atoms with Gasteiger partial charge in [0.05, 0.1) is 0 Å². The number of piperidine rings is 1. The van der Waals surface area contributed by atoms with Gasteiger partial charge in [-0.3, -0.25) is 0 Å². The van der Waals surface area contributed by atoms with Gasteiger partial charge in [-0.15, -0.1) is 5.54 Å². The second-order valence-corrected chi connectivity index (χ2v) is 11.3. The minimum absolute atomic E-state index is 0.861. The van der Waals surface area contributed by atoms with Gasteiger partial charge in [-0.1, -0.05) is 37.7 Å². The van der Waals surface area contributed by atoms with E-state index in [4.69, 9.17) is 0 Å². The highest BCUT2D eigenvalue weighted by molar-refractivity contribution is 6.83. The van der Waals surface area contributed by atoms with E-state index in [0.29, 0.717) is 0 Å². The molecule has 0 atom stereocenters. The first-order valence-corrected chi connectivity index (χ1v) is 10.9. The van der Waals surface area contributed by atoms with Gasteiger partial charge in [0.2, 0.25) is 0 Å². The molecule has 0 aliphatic carbocycles. The summed E-state index contributed by atoms with van der Waals surface area (Å²) in [5, 5.41) is 3.43. The van der Waals surface area contributed by atoms with Crippen LogP contribution >= 0.6 is 0 Å². The fourth-order valence-corrected chi connectivity index (χ4v) is 2.92. The van der Waals surface area contributed by atoms with Crippen molar-refractivity contribution in [2.24, 2.45) is 5.92 Å². The van der Waals surface area contributed by atoms with Crippen LogP contribution in [-0.2, 0) is 6.42 Å². The van der Waals surface area contributed by atoms with Crippen LogP contribution in [0.25, 0.3) is 0 Å². The Morgan fingerprint density at radius 3 is 2.32 bits per heavy atom. The minimum Gasteiger partial charge on any atom is -0.317 e. The van der Waals surface area contributed by atoms with Gasteiger partial charge in [0.1, 0.15) is 8.07 Å². The number of benzene rings is 1. The van der Waals surface area contributed by atoms with Crippen LogP contribution in [0, 0.1) is 17.4 Å². The molecule has 0 amide bonds. The molecule has 0 saturated carbocycles. The zero-order valence-electron chi connectivity index (χ0n) is 12.4. The molecule has 0 radical (unpaired) electrons. The SMILES string of the molecule is C[Si](C)(C)C#Cc1ccc(CC2CCNCC2)cc1. The van der Waals surface area contributed by atoms with Crippen LogP contribution in [0.15, 0.2) is 24.3 Å². The van der Waals surface area contributed by atoms with Crippen LogP contribution in [-0.4, -0.2) is 21.2 Å². The van der Waals surface area contributed by atoms with Crippen LogP contribution in [0.5, 0.6) is 0 Å². The number of hydrogen-bond acceptors (Lipinski definition) is 1. The van der Waals surface area contributed by atoms with E-state index in [0.717, 1.165) is 11.5 Å². The van der Waals surface area contributed by atoms with Crippen LogP contribution in [0.2, 0.25) is 19.6 Å². The van der Waals surface area contributed by atoms with Crippen LogP contribution in [0.3, 0.4) is 0 Å². The Morgan fingerprint density at radius 2 is 1.74 bits per heavy atom. The fourth-order valence-electron chi connectivity index (χ4n) is 2.40. The van der Waals surface area contributed by atoms with Crippen molar-refractivity contribution in [3.05, 3.63) is 35.4 Å². The lowest BCUT2D eigenvalue weighted by molar-refractivity contribution is 0.372. The first-order chi connectivity index (χ1) is 9.03. The maximum atomic E-state index is 3.43. The highest BCUT2D eigenvalue weighted by atomic mass is 28.3. The van der Waals surface area contributed by atoms with Gasteiger partial charge in [0.15, 0.2) is 0 Å². The van der Waals surface area contributed by atoms with Gasteiger partial charge in [0, 0.05) is 5.56 Å². The molecule has 1 fully saturated rings. The van der Waals surface area contributed by atoms with Crippen LogP contribution in [0.4, 0.5) is 0 Å². The van der Waals surface area contributed by atoms with Crippen molar-refractivity contribution in [2.45, 2.75) is 38.9 Å². The van der Waals surface area contributed by atoms with Crippen molar-refractivity contribution >= 4 is 8.07 Å². The first kappa shape index (κ1) is 14.4. The van der Waals surface area contributed by atoms with E-state index < -0.39 is 8.07 Å². The normalized spacial score (nSPS) is 16.8. The van der Waals surface area contributed by atoms with Crippen LogP contribution < -0.4 is 5.32 Å². The lowest BCUT2D eigenvalue weighted by Crippen LogP contribution is -2.28. The molecule has 2 heteroatoms. The van der Waals surface area contributed by atoms with E-state index >= 15 is 0 Å². The summed E-state index contributed by atoms with van der Waals surface area (Å²) in [7, 11) is -1.26. The molecule has 19 heavy (non-hydrogen) atoms. The standard InChI is InChI=1S/C17H25NSi/c1-19(2,3)13-10-15-4-6-16(7-5-15)14-17-8-11-18-12-9-17/h4-7,17-18H,8-9,11-12,14H2,1-3H3. The fraction of sp³-hybridized carbons (Fsp3) is 0.529. The van der Waals surface area contributed by atoms with Gasteiger partial charge in [-0.05, 0) is 56.0 Å². The van der Waals surface area contributed by atoms with Gasteiger partial charge in [-0.25, -0.2) is 0 Å². The third kappa shape index (κ3) is 5.22. The number of rotatable bonds is 2. The topological polar surface area (TPSA) is 12.0 Å². The lowest BCUT2D eigenvalue weighted by atomic mass is 9.91. The highest BCUT2D eigenvalue weighted by Gasteiger charge is 2.13. The van der Waals surface area contributed by atoms with Crippen molar-refractivity contribution in [2.75, 3.05) is 13.1 Å². The number of nitrogens with one attached hydrogen (secondary N) is 1. The molecule has 0 spiro atoms. The van der Waals surface area contributed by atoms with E-state index in [-0.39, 0.29) is 0 Å². The molecule has 0 unspecified atom stereocenters. The second-order valence-electron chi connectivity index (χ2n) is 6.59. The van der Waals surface area contributed by atoms with E-state index in [9.17, 15) is 0 Å². The molecule has 1 aromatic carbocycles. The van der Waals surface area contributed by atoms with Crippen molar-refractivity contribution in [3.8, 4) is 11.5 Å². The molecule has 1 aromatic rings.